The zero-order valence-electron chi connectivity index (χ0n) is 7.33. The van der Waals surface area contributed by atoms with Crippen LogP contribution in [0.25, 0.3) is 0 Å². The summed E-state index contributed by atoms with van der Waals surface area (Å²) in [4.78, 5) is 10.8. The van der Waals surface area contributed by atoms with Gasteiger partial charge in [0.2, 0.25) is 0 Å². The van der Waals surface area contributed by atoms with Gasteiger partial charge in [0.05, 0.1) is 6.61 Å². The Labute approximate surface area is 76.0 Å². The number of hydrogen-bond donors (Lipinski definition) is 1. The molecule has 0 spiro atoms. The highest BCUT2D eigenvalue weighted by Crippen LogP contribution is 2.31. The van der Waals surface area contributed by atoms with Crippen molar-refractivity contribution in [3.05, 3.63) is 28.8 Å². The first-order chi connectivity index (χ1) is 6.20. The molecule has 0 atom stereocenters. The minimum Gasteiger partial charge on any atom is -0.492 e. The molecule has 1 aromatic carbocycles. The number of aromatic carboxylic acids is 1. The first-order valence-electron chi connectivity index (χ1n) is 4.18. The van der Waals surface area contributed by atoms with Gasteiger partial charge in [-0.3, -0.25) is 0 Å². The van der Waals surface area contributed by atoms with E-state index in [1.54, 1.807) is 6.07 Å². The van der Waals surface area contributed by atoms with Crippen LogP contribution in [-0.2, 0) is 6.42 Å². The average Bonchev–Trinajstić information content (AvgIpc) is 2.53. The number of carboxylic acids is 1. The predicted octanol–water partition coefficient (Wildman–Crippen LogP) is 1.63. The van der Waals surface area contributed by atoms with E-state index in [2.05, 4.69) is 0 Å². The number of rotatable bonds is 1. The standard InChI is InChI=1S/C10H10O3/c1-6-2-3-8(10(11)12)9-7(6)4-5-13-9/h2-3H,4-5H2,1H3,(H,11,12). The monoisotopic (exact) mass is 178 g/mol. The van der Waals surface area contributed by atoms with Gasteiger partial charge in [0, 0.05) is 12.0 Å². The average molecular weight is 178 g/mol. The Morgan fingerprint density at radius 2 is 2.31 bits per heavy atom. The summed E-state index contributed by atoms with van der Waals surface area (Å²) < 4.78 is 5.29. The van der Waals surface area contributed by atoms with Crippen molar-refractivity contribution in [2.24, 2.45) is 0 Å². The highest BCUT2D eigenvalue weighted by Gasteiger charge is 2.21. The number of aryl methyl sites for hydroxylation is 1. The van der Waals surface area contributed by atoms with Crippen LogP contribution in [0.15, 0.2) is 12.1 Å². The summed E-state index contributed by atoms with van der Waals surface area (Å²) >= 11 is 0. The number of carbonyl (C=O) groups is 1. The molecular formula is C10H10O3. The molecule has 0 fully saturated rings. The molecular weight excluding hydrogens is 168 g/mol. The lowest BCUT2D eigenvalue weighted by Crippen LogP contribution is -2.00. The summed E-state index contributed by atoms with van der Waals surface area (Å²) in [6.07, 6.45) is 0.822. The SMILES string of the molecule is Cc1ccc(C(=O)O)c2c1CCO2. The molecule has 2 rings (SSSR count). The van der Waals surface area contributed by atoms with Crippen LogP contribution in [0.5, 0.6) is 5.75 Å². The normalized spacial score (nSPS) is 13.6. The van der Waals surface area contributed by atoms with E-state index in [4.69, 9.17) is 9.84 Å². The maximum atomic E-state index is 10.8. The molecule has 0 amide bonds. The fourth-order valence-electron chi connectivity index (χ4n) is 1.63. The fourth-order valence-corrected chi connectivity index (χ4v) is 1.63. The zero-order valence-corrected chi connectivity index (χ0v) is 7.33. The topological polar surface area (TPSA) is 46.5 Å². The Bertz CT molecular complexity index is 369. The van der Waals surface area contributed by atoms with Gasteiger partial charge in [0.15, 0.2) is 0 Å². The number of fused-ring (bicyclic) bond motifs is 1. The number of hydrogen-bond acceptors (Lipinski definition) is 2. The fraction of sp³-hybridized carbons (Fsp3) is 0.300. The summed E-state index contributed by atoms with van der Waals surface area (Å²) in [5.41, 5.74) is 2.43. The van der Waals surface area contributed by atoms with Gasteiger partial charge in [-0.1, -0.05) is 6.07 Å². The Kier molecular flexibility index (Phi) is 1.72. The smallest absolute Gasteiger partial charge is 0.339 e. The molecule has 0 aromatic heterocycles. The van der Waals surface area contributed by atoms with Gasteiger partial charge in [0.1, 0.15) is 11.3 Å². The molecule has 1 aliphatic rings. The molecule has 0 unspecified atom stereocenters. The minimum atomic E-state index is -0.918. The second-order valence-electron chi connectivity index (χ2n) is 3.14. The third-order valence-corrected chi connectivity index (χ3v) is 2.32. The van der Waals surface area contributed by atoms with Gasteiger partial charge in [0.25, 0.3) is 0 Å². The summed E-state index contributed by atoms with van der Waals surface area (Å²) in [5.74, 6) is -0.356. The Hall–Kier alpha value is -1.51. The summed E-state index contributed by atoms with van der Waals surface area (Å²) in [5, 5.41) is 8.86. The minimum absolute atomic E-state index is 0.276. The molecule has 1 heterocycles. The molecule has 1 N–H and O–H groups in total. The first-order valence-corrected chi connectivity index (χ1v) is 4.18. The van der Waals surface area contributed by atoms with E-state index >= 15 is 0 Å². The van der Waals surface area contributed by atoms with Gasteiger partial charge in [-0.2, -0.15) is 0 Å². The summed E-state index contributed by atoms with van der Waals surface area (Å²) in [6, 6.07) is 3.43. The van der Waals surface area contributed by atoms with Crippen molar-refractivity contribution in [1.82, 2.24) is 0 Å². The van der Waals surface area contributed by atoms with Crippen molar-refractivity contribution in [3.8, 4) is 5.75 Å². The van der Waals surface area contributed by atoms with E-state index in [0.29, 0.717) is 12.4 Å². The second kappa shape index (κ2) is 2.76. The lowest BCUT2D eigenvalue weighted by molar-refractivity contribution is 0.0693. The number of carboxylic acid groups (broad SMARTS) is 1. The van der Waals surface area contributed by atoms with Crippen molar-refractivity contribution in [2.75, 3.05) is 6.61 Å². The van der Waals surface area contributed by atoms with Crippen molar-refractivity contribution < 1.29 is 14.6 Å². The molecule has 3 heteroatoms. The van der Waals surface area contributed by atoms with Crippen LogP contribution in [-0.4, -0.2) is 17.7 Å². The summed E-state index contributed by atoms with van der Waals surface area (Å²) in [7, 11) is 0. The number of ether oxygens (including phenoxy) is 1. The summed E-state index contributed by atoms with van der Waals surface area (Å²) in [6.45, 7) is 2.57. The molecule has 13 heavy (non-hydrogen) atoms. The molecule has 0 aliphatic carbocycles. The largest absolute Gasteiger partial charge is 0.492 e. The Morgan fingerprint density at radius 3 is 3.00 bits per heavy atom. The van der Waals surface area contributed by atoms with Gasteiger partial charge in [-0.25, -0.2) is 4.79 Å². The number of benzene rings is 1. The van der Waals surface area contributed by atoms with E-state index in [0.717, 1.165) is 17.5 Å². The third-order valence-electron chi connectivity index (χ3n) is 2.32. The second-order valence-corrected chi connectivity index (χ2v) is 3.14. The van der Waals surface area contributed by atoms with E-state index in [9.17, 15) is 4.79 Å². The molecule has 0 bridgehead atoms. The Balaban J connectivity index is 2.62. The predicted molar refractivity (Wildman–Crippen MR) is 47.3 cm³/mol. The van der Waals surface area contributed by atoms with Crippen molar-refractivity contribution >= 4 is 5.97 Å². The van der Waals surface area contributed by atoms with Crippen molar-refractivity contribution in [3.63, 3.8) is 0 Å². The van der Waals surface area contributed by atoms with Crippen LogP contribution in [0.3, 0.4) is 0 Å². The van der Waals surface area contributed by atoms with Crippen LogP contribution in [0, 0.1) is 6.92 Å². The highest BCUT2D eigenvalue weighted by molar-refractivity contribution is 5.91. The van der Waals surface area contributed by atoms with Crippen LogP contribution in [0.2, 0.25) is 0 Å². The lowest BCUT2D eigenvalue weighted by atomic mass is 10.0. The van der Waals surface area contributed by atoms with E-state index in [1.165, 1.54) is 0 Å². The van der Waals surface area contributed by atoms with Crippen molar-refractivity contribution in [1.29, 1.82) is 0 Å². The highest BCUT2D eigenvalue weighted by atomic mass is 16.5. The maximum absolute atomic E-state index is 10.8. The zero-order chi connectivity index (χ0) is 9.42. The molecule has 3 nitrogen and oxygen atoms in total. The van der Waals surface area contributed by atoms with Crippen LogP contribution >= 0.6 is 0 Å². The third kappa shape index (κ3) is 1.16. The van der Waals surface area contributed by atoms with Gasteiger partial charge >= 0.3 is 5.97 Å². The Morgan fingerprint density at radius 1 is 1.54 bits per heavy atom. The van der Waals surface area contributed by atoms with E-state index < -0.39 is 5.97 Å². The van der Waals surface area contributed by atoms with Crippen LogP contribution in [0.1, 0.15) is 21.5 Å². The molecule has 1 aromatic rings. The van der Waals surface area contributed by atoms with E-state index in [-0.39, 0.29) is 5.56 Å². The van der Waals surface area contributed by atoms with Crippen LogP contribution in [0.4, 0.5) is 0 Å². The first kappa shape index (κ1) is 8.10. The van der Waals surface area contributed by atoms with Gasteiger partial charge < -0.3 is 9.84 Å². The maximum Gasteiger partial charge on any atom is 0.339 e. The van der Waals surface area contributed by atoms with Crippen LogP contribution < -0.4 is 4.74 Å². The molecule has 68 valence electrons. The quantitative estimate of drug-likeness (QED) is 0.710. The lowest BCUT2D eigenvalue weighted by Gasteiger charge is -2.05. The molecule has 1 aliphatic heterocycles. The van der Waals surface area contributed by atoms with E-state index in [1.807, 2.05) is 13.0 Å². The molecule has 0 radical (unpaired) electrons. The van der Waals surface area contributed by atoms with Gasteiger partial charge in [-0.05, 0) is 18.6 Å². The van der Waals surface area contributed by atoms with Gasteiger partial charge in [-0.15, -0.1) is 0 Å². The molecule has 0 saturated heterocycles. The molecule has 0 saturated carbocycles. The van der Waals surface area contributed by atoms with Crippen molar-refractivity contribution in [2.45, 2.75) is 13.3 Å².